The number of allylic oxidation sites excluding steroid dienone is 1. The van der Waals surface area contributed by atoms with Crippen LogP contribution in [0.1, 0.15) is 47.5 Å². The summed E-state index contributed by atoms with van der Waals surface area (Å²) in [6.45, 7) is 9.57. The van der Waals surface area contributed by atoms with E-state index in [1.807, 2.05) is 0 Å². The van der Waals surface area contributed by atoms with Crippen molar-refractivity contribution in [3.8, 4) is 0 Å². The van der Waals surface area contributed by atoms with Crippen molar-refractivity contribution in [1.29, 1.82) is 0 Å². The van der Waals surface area contributed by atoms with E-state index >= 15 is 0 Å². The lowest BCUT2D eigenvalue weighted by atomic mass is 9.80. The first-order chi connectivity index (χ1) is 19.7. The molecule has 2 N–H and O–H groups in total. The van der Waals surface area contributed by atoms with Crippen LogP contribution >= 0.6 is 22.9 Å². The van der Waals surface area contributed by atoms with Gasteiger partial charge in [-0.3, -0.25) is 14.4 Å². The van der Waals surface area contributed by atoms with Crippen molar-refractivity contribution in [2.45, 2.75) is 45.2 Å². The third kappa shape index (κ3) is 5.47. The number of aryl methyl sites for hydroxylation is 1. The number of hydrogen-bond acceptors (Lipinski definition) is 7. The number of rotatable bonds is 8. The van der Waals surface area contributed by atoms with E-state index in [0.29, 0.717) is 41.6 Å². The van der Waals surface area contributed by atoms with Crippen LogP contribution in [0.3, 0.4) is 0 Å². The molecule has 9 nitrogen and oxygen atoms in total. The smallest absolute Gasteiger partial charge is 0.338 e. The molecule has 0 saturated carbocycles. The van der Waals surface area contributed by atoms with E-state index in [1.54, 1.807) is 29.3 Å². The first-order valence-electron chi connectivity index (χ1n) is 12.8. The summed E-state index contributed by atoms with van der Waals surface area (Å²) in [5.74, 6) is -3.51. The Morgan fingerprint density at radius 2 is 2.17 bits per heavy atom. The molecule has 0 saturated heterocycles. The van der Waals surface area contributed by atoms with Gasteiger partial charge in [0.25, 0.3) is 0 Å². The molecule has 13 heteroatoms. The molecule has 0 fully saturated rings. The second kappa shape index (κ2) is 11.8. The Morgan fingerprint density at radius 3 is 2.85 bits per heavy atom. The van der Waals surface area contributed by atoms with E-state index < -0.39 is 34.6 Å². The summed E-state index contributed by atoms with van der Waals surface area (Å²) < 4.78 is 35.7. The van der Waals surface area contributed by atoms with Crippen molar-refractivity contribution < 1.29 is 28.2 Å². The second-order valence-electron chi connectivity index (χ2n) is 9.50. The number of fused-ring (bicyclic) bond motifs is 1. The van der Waals surface area contributed by atoms with Crippen LogP contribution in [0.5, 0.6) is 0 Å². The molecule has 1 aromatic carbocycles. The molecule has 212 valence electrons. The molecule has 41 heavy (non-hydrogen) atoms. The van der Waals surface area contributed by atoms with Gasteiger partial charge >= 0.3 is 11.9 Å². The lowest BCUT2D eigenvalue weighted by molar-refractivity contribution is -0.139. The van der Waals surface area contributed by atoms with Crippen LogP contribution in [0, 0.1) is 24.1 Å². The molecular formula is C28H24ClF2N5O4S. The number of benzene rings is 1. The van der Waals surface area contributed by atoms with Gasteiger partial charge in [-0.2, -0.15) is 0 Å². The lowest BCUT2D eigenvalue weighted by Gasteiger charge is -2.33. The van der Waals surface area contributed by atoms with Crippen LogP contribution in [0.25, 0.3) is 4.85 Å². The first-order valence-corrected chi connectivity index (χ1v) is 14.1. The number of hydrogen-bond donors (Lipinski definition) is 2. The van der Waals surface area contributed by atoms with Gasteiger partial charge in [-0.15, -0.1) is 11.3 Å². The fourth-order valence-electron chi connectivity index (χ4n) is 5.29. The number of aromatic nitrogens is 2. The van der Waals surface area contributed by atoms with Crippen molar-refractivity contribution in [2.24, 2.45) is 10.9 Å². The topological polar surface area (TPSA) is 110 Å². The SMILES string of the molecule is [C-]#[N+]c1c2c(cn1CCC(=O)O)CC(C1=C(C(=O)OCC)C(c3ccc(F)c(F)c3Cl)N=C(c3nccs3)N1)CC2. The van der Waals surface area contributed by atoms with E-state index in [9.17, 15) is 18.4 Å². The number of amidine groups is 1. The predicted octanol–water partition coefficient (Wildman–Crippen LogP) is 5.62. The van der Waals surface area contributed by atoms with Crippen LogP contribution in [-0.2, 0) is 33.7 Å². The van der Waals surface area contributed by atoms with E-state index in [2.05, 4.69) is 15.1 Å². The largest absolute Gasteiger partial charge is 0.481 e. The number of carbonyl (C=O) groups is 2. The Kier molecular flexibility index (Phi) is 8.19. The normalized spacial score (nSPS) is 18.3. The van der Waals surface area contributed by atoms with E-state index in [0.717, 1.165) is 17.2 Å². The Bertz CT molecular complexity index is 1630. The van der Waals surface area contributed by atoms with E-state index in [-0.39, 0.29) is 36.6 Å². The van der Waals surface area contributed by atoms with Gasteiger partial charge in [-0.05, 0) is 43.4 Å². The average molecular weight is 600 g/mol. The van der Waals surface area contributed by atoms with Crippen molar-refractivity contribution >= 4 is 46.5 Å². The Labute approximate surface area is 243 Å². The maximum absolute atomic E-state index is 14.6. The number of thiazole rings is 1. The number of halogens is 3. The molecule has 2 aromatic heterocycles. The molecule has 1 aliphatic carbocycles. The Morgan fingerprint density at radius 1 is 1.37 bits per heavy atom. The fourth-order valence-corrected chi connectivity index (χ4v) is 6.13. The highest BCUT2D eigenvalue weighted by Crippen LogP contribution is 2.43. The maximum Gasteiger partial charge on any atom is 0.338 e. The summed E-state index contributed by atoms with van der Waals surface area (Å²) in [6, 6.07) is 1.14. The van der Waals surface area contributed by atoms with Crippen molar-refractivity contribution in [1.82, 2.24) is 14.9 Å². The van der Waals surface area contributed by atoms with Gasteiger partial charge in [0.1, 0.15) is 6.04 Å². The van der Waals surface area contributed by atoms with E-state index in [4.69, 9.17) is 33.0 Å². The molecule has 1 aliphatic heterocycles. The number of aliphatic carboxylic acids is 1. The number of nitrogens with one attached hydrogen (secondary N) is 1. The molecule has 2 unspecified atom stereocenters. The summed E-state index contributed by atoms with van der Waals surface area (Å²) in [5, 5.41) is 14.2. The minimum Gasteiger partial charge on any atom is -0.481 e. The highest BCUT2D eigenvalue weighted by molar-refractivity contribution is 7.11. The third-order valence-corrected chi connectivity index (χ3v) is 8.26. The molecule has 0 bridgehead atoms. The average Bonchev–Trinajstić information content (AvgIpc) is 3.62. The summed E-state index contributed by atoms with van der Waals surface area (Å²) >= 11 is 7.59. The van der Waals surface area contributed by atoms with Crippen LogP contribution in [-0.4, -0.2) is 39.0 Å². The van der Waals surface area contributed by atoms with Crippen LogP contribution in [0.4, 0.5) is 14.6 Å². The zero-order chi connectivity index (χ0) is 29.3. The van der Waals surface area contributed by atoms with Gasteiger partial charge in [-0.25, -0.2) is 18.6 Å². The summed E-state index contributed by atoms with van der Waals surface area (Å²) in [5.41, 5.74) is 2.46. The van der Waals surface area contributed by atoms with Crippen LogP contribution in [0.15, 0.2) is 46.2 Å². The Hall–Kier alpha value is -4.08. The predicted molar refractivity (Wildman–Crippen MR) is 148 cm³/mol. The Balaban J connectivity index is 1.63. The fraction of sp³-hybridized carbons (Fsp3) is 0.321. The first kappa shape index (κ1) is 28.4. The zero-order valence-corrected chi connectivity index (χ0v) is 23.4. The standard InChI is InChI=1S/C28H24ClF2N5O4S/c1-3-40-28(39)20-23(14-4-5-16-15(12-14)13-36(26(16)32-2)10-8-19(37)38)34-25(27-33-9-11-41-27)35-24(20)17-6-7-18(30)22(31)21(17)29/h6-7,9,11,13-14,24H,3-5,8,10,12H2,1H3,(H,34,35)(H,37,38). The van der Waals surface area contributed by atoms with Gasteiger partial charge in [-0.1, -0.05) is 24.2 Å². The molecule has 2 atom stereocenters. The monoisotopic (exact) mass is 599 g/mol. The molecule has 5 rings (SSSR count). The number of ether oxygens (including phenoxy) is 1. The minimum absolute atomic E-state index is 0.0759. The lowest BCUT2D eigenvalue weighted by Crippen LogP contribution is -2.38. The van der Waals surface area contributed by atoms with Crippen LogP contribution < -0.4 is 5.32 Å². The molecule has 0 amide bonds. The maximum atomic E-state index is 14.6. The number of carboxylic acid groups (broad SMARTS) is 1. The quantitative estimate of drug-likeness (QED) is 0.198. The summed E-state index contributed by atoms with van der Waals surface area (Å²) in [6.07, 6.45) is 4.78. The summed E-state index contributed by atoms with van der Waals surface area (Å²) in [7, 11) is 0. The minimum atomic E-state index is -1.24. The van der Waals surface area contributed by atoms with Gasteiger partial charge < -0.3 is 20.0 Å². The number of carbonyl (C=O) groups excluding carboxylic acids is 1. The van der Waals surface area contributed by atoms with Crippen molar-refractivity contribution in [3.05, 3.63) is 90.9 Å². The number of esters is 1. The van der Waals surface area contributed by atoms with E-state index in [1.165, 1.54) is 17.4 Å². The molecule has 3 aromatic rings. The van der Waals surface area contributed by atoms with Gasteiger partial charge in [0, 0.05) is 28.8 Å². The van der Waals surface area contributed by atoms with Crippen molar-refractivity contribution in [2.75, 3.05) is 6.61 Å². The van der Waals surface area contributed by atoms with Gasteiger partial charge in [0.15, 0.2) is 22.5 Å². The molecular weight excluding hydrogens is 576 g/mol. The number of aliphatic imine (C=N–C) groups is 1. The second-order valence-corrected chi connectivity index (χ2v) is 10.8. The zero-order valence-electron chi connectivity index (χ0n) is 21.8. The highest BCUT2D eigenvalue weighted by Gasteiger charge is 2.39. The van der Waals surface area contributed by atoms with Crippen LogP contribution in [0.2, 0.25) is 5.02 Å². The van der Waals surface area contributed by atoms with Gasteiger partial charge in [0.05, 0.1) is 36.4 Å². The van der Waals surface area contributed by atoms with Gasteiger partial charge in [0.2, 0.25) is 5.82 Å². The highest BCUT2D eigenvalue weighted by atomic mass is 35.5. The number of nitrogens with zero attached hydrogens (tertiary/aromatic N) is 4. The molecule has 3 heterocycles. The molecule has 2 aliphatic rings. The third-order valence-electron chi connectivity index (χ3n) is 7.10. The number of carboxylic acids is 1. The summed E-state index contributed by atoms with van der Waals surface area (Å²) in [4.78, 5) is 37.3. The molecule has 0 radical (unpaired) electrons. The molecule has 0 spiro atoms. The van der Waals surface area contributed by atoms with Crippen molar-refractivity contribution in [3.63, 3.8) is 0 Å².